The highest BCUT2D eigenvalue weighted by molar-refractivity contribution is 5.83. The number of aliphatic hydroxyl groups is 1. The molecular weight excluding hydrogens is 242 g/mol. The van der Waals surface area contributed by atoms with Gasteiger partial charge >= 0.3 is 5.97 Å². The van der Waals surface area contributed by atoms with Crippen LogP contribution in [-0.2, 0) is 16.0 Å². The lowest BCUT2D eigenvalue weighted by Gasteiger charge is -2.12. The number of amides is 1. The third-order valence-electron chi connectivity index (χ3n) is 2.19. The van der Waals surface area contributed by atoms with E-state index in [0.717, 1.165) is 0 Å². The fourth-order valence-corrected chi connectivity index (χ4v) is 1.32. The molecule has 1 heterocycles. The Hall–Kier alpha value is -1.96. The Balaban J connectivity index is 2.38. The second-order valence-corrected chi connectivity index (χ2v) is 3.71. The van der Waals surface area contributed by atoms with Gasteiger partial charge in [0.15, 0.2) is 5.82 Å². The van der Waals surface area contributed by atoms with E-state index in [-0.39, 0.29) is 25.9 Å². The van der Waals surface area contributed by atoms with Crippen molar-refractivity contribution in [2.45, 2.75) is 32.2 Å². The van der Waals surface area contributed by atoms with Crippen LogP contribution in [0.3, 0.4) is 0 Å². The number of rotatable bonds is 7. The number of carboxylic acids is 1. The topological polar surface area (TPSA) is 126 Å². The largest absolute Gasteiger partial charge is 0.480 e. The zero-order valence-corrected chi connectivity index (χ0v) is 9.92. The van der Waals surface area contributed by atoms with Crippen molar-refractivity contribution in [2.24, 2.45) is 0 Å². The van der Waals surface area contributed by atoms with Crippen molar-refractivity contribution in [1.82, 2.24) is 15.5 Å². The van der Waals surface area contributed by atoms with Crippen molar-refractivity contribution >= 4 is 11.9 Å². The van der Waals surface area contributed by atoms with E-state index in [1.54, 1.807) is 6.92 Å². The number of carboxylic acid groups (broad SMARTS) is 1. The van der Waals surface area contributed by atoms with E-state index in [0.29, 0.717) is 11.7 Å². The molecule has 0 unspecified atom stereocenters. The molecule has 18 heavy (non-hydrogen) atoms. The van der Waals surface area contributed by atoms with Gasteiger partial charge in [-0.1, -0.05) is 5.16 Å². The monoisotopic (exact) mass is 257 g/mol. The van der Waals surface area contributed by atoms with Crippen LogP contribution in [0.4, 0.5) is 0 Å². The number of nitrogens with one attached hydrogen (secondary N) is 1. The number of hydrogen-bond acceptors (Lipinski definition) is 6. The molecule has 1 rings (SSSR count). The third-order valence-corrected chi connectivity index (χ3v) is 2.19. The molecule has 8 heteroatoms. The summed E-state index contributed by atoms with van der Waals surface area (Å²) in [5.74, 6) is -0.802. The number of carbonyl (C=O) groups excluding carboxylic acids is 1. The van der Waals surface area contributed by atoms with E-state index >= 15 is 0 Å². The van der Waals surface area contributed by atoms with Gasteiger partial charge in [0, 0.05) is 25.9 Å². The summed E-state index contributed by atoms with van der Waals surface area (Å²) >= 11 is 0. The molecule has 1 aromatic rings. The molecule has 0 bridgehead atoms. The predicted octanol–water partition coefficient (Wildman–Crippen LogP) is -0.738. The van der Waals surface area contributed by atoms with Crippen molar-refractivity contribution in [1.29, 1.82) is 0 Å². The average molecular weight is 257 g/mol. The quantitative estimate of drug-likeness (QED) is 0.587. The second kappa shape index (κ2) is 6.70. The summed E-state index contributed by atoms with van der Waals surface area (Å²) < 4.78 is 4.82. The summed E-state index contributed by atoms with van der Waals surface area (Å²) in [6.45, 7) is 1.36. The Labute approximate surface area is 103 Å². The lowest BCUT2D eigenvalue weighted by atomic mass is 10.2. The van der Waals surface area contributed by atoms with Crippen LogP contribution in [0.5, 0.6) is 0 Å². The number of carbonyl (C=O) groups is 2. The van der Waals surface area contributed by atoms with Crippen LogP contribution in [0.1, 0.15) is 24.6 Å². The van der Waals surface area contributed by atoms with Gasteiger partial charge < -0.3 is 20.1 Å². The molecule has 0 spiro atoms. The van der Waals surface area contributed by atoms with E-state index < -0.39 is 17.9 Å². The van der Waals surface area contributed by atoms with E-state index in [4.69, 9.17) is 14.7 Å². The second-order valence-electron chi connectivity index (χ2n) is 3.71. The van der Waals surface area contributed by atoms with Gasteiger partial charge in [-0.2, -0.15) is 4.98 Å². The Morgan fingerprint density at radius 2 is 2.22 bits per heavy atom. The van der Waals surface area contributed by atoms with Crippen LogP contribution >= 0.6 is 0 Å². The predicted molar refractivity (Wildman–Crippen MR) is 58.6 cm³/mol. The van der Waals surface area contributed by atoms with Crippen LogP contribution in [0, 0.1) is 6.92 Å². The number of aromatic nitrogens is 2. The number of nitrogens with zero attached hydrogens (tertiary/aromatic N) is 2. The van der Waals surface area contributed by atoms with Crippen LogP contribution < -0.4 is 5.32 Å². The summed E-state index contributed by atoms with van der Waals surface area (Å²) in [4.78, 5) is 26.1. The maximum absolute atomic E-state index is 11.5. The SMILES string of the molecule is Cc1noc(CCC(=O)N[C@@H](CCO)C(=O)O)n1. The maximum Gasteiger partial charge on any atom is 0.326 e. The van der Waals surface area contributed by atoms with E-state index in [2.05, 4.69) is 15.5 Å². The van der Waals surface area contributed by atoms with Crippen molar-refractivity contribution in [3.8, 4) is 0 Å². The summed E-state index contributed by atoms with van der Waals surface area (Å²) in [6.07, 6.45) is 0.274. The molecule has 100 valence electrons. The highest BCUT2D eigenvalue weighted by Crippen LogP contribution is 2.01. The standard InChI is InChI=1S/C10H15N3O5/c1-6-11-9(18-13-6)3-2-8(15)12-7(4-5-14)10(16)17/h7,14H,2-5H2,1H3,(H,12,15)(H,16,17)/t7-/m0/s1. The van der Waals surface area contributed by atoms with Gasteiger partial charge in [0.25, 0.3) is 0 Å². The van der Waals surface area contributed by atoms with Crippen LogP contribution in [0.2, 0.25) is 0 Å². The first-order chi connectivity index (χ1) is 8.52. The van der Waals surface area contributed by atoms with Crippen LogP contribution in [-0.4, -0.2) is 44.9 Å². The minimum atomic E-state index is -1.17. The van der Waals surface area contributed by atoms with E-state index in [1.165, 1.54) is 0 Å². The van der Waals surface area contributed by atoms with E-state index in [9.17, 15) is 9.59 Å². The molecule has 8 nitrogen and oxygen atoms in total. The minimum absolute atomic E-state index is 0.0270. The molecule has 1 aromatic heterocycles. The molecule has 0 saturated heterocycles. The molecule has 0 aliphatic carbocycles. The molecule has 0 saturated carbocycles. The van der Waals surface area contributed by atoms with Gasteiger partial charge in [-0.3, -0.25) is 4.79 Å². The highest BCUT2D eigenvalue weighted by atomic mass is 16.5. The molecule has 0 aromatic carbocycles. The molecule has 3 N–H and O–H groups in total. The fraction of sp³-hybridized carbons (Fsp3) is 0.600. The van der Waals surface area contributed by atoms with Gasteiger partial charge in [0.2, 0.25) is 11.8 Å². The van der Waals surface area contributed by atoms with Gasteiger partial charge in [0.1, 0.15) is 6.04 Å². The zero-order chi connectivity index (χ0) is 13.5. The molecule has 0 aliphatic heterocycles. The molecule has 0 fully saturated rings. The fourth-order valence-electron chi connectivity index (χ4n) is 1.32. The number of aliphatic hydroxyl groups excluding tert-OH is 1. The van der Waals surface area contributed by atoms with Gasteiger partial charge in [0.05, 0.1) is 0 Å². The van der Waals surface area contributed by atoms with Crippen LogP contribution in [0.15, 0.2) is 4.52 Å². The third kappa shape index (κ3) is 4.50. The van der Waals surface area contributed by atoms with Crippen molar-refractivity contribution in [3.63, 3.8) is 0 Å². The van der Waals surface area contributed by atoms with Crippen molar-refractivity contribution in [2.75, 3.05) is 6.61 Å². The zero-order valence-electron chi connectivity index (χ0n) is 9.92. The Morgan fingerprint density at radius 3 is 2.72 bits per heavy atom. The molecule has 0 radical (unpaired) electrons. The highest BCUT2D eigenvalue weighted by Gasteiger charge is 2.19. The van der Waals surface area contributed by atoms with Crippen LogP contribution in [0.25, 0.3) is 0 Å². The number of hydrogen-bond donors (Lipinski definition) is 3. The summed E-state index contributed by atoms with van der Waals surface area (Å²) in [6, 6.07) is -1.08. The first-order valence-electron chi connectivity index (χ1n) is 5.45. The summed E-state index contributed by atoms with van der Waals surface area (Å²) in [7, 11) is 0. The van der Waals surface area contributed by atoms with E-state index in [1.807, 2.05) is 0 Å². The summed E-state index contributed by atoms with van der Waals surface area (Å²) in [5, 5.41) is 23.3. The molecule has 0 aliphatic rings. The average Bonchev–Trinajstić information content (AvgIpc) is 2.72. The van der Waals surface area contributed by atoms with Crippen molar-refractivity contribution in [3.05, 3.63) is 11.7 Å². The Bertz CT molecular complexity index is 417. The normalized spacial score (nSPS) is 12.1. The first-order valence-corrected chi connectivity index (χ1v) is 5.45. The molecule has 1 amide bonds. The van der Waals surface area contributed by atoms with Gasteiger partial charge in [-0.05, 0) is 6.92 Å². The molecule has 1 atom stereocenters. The smallest absolute Gasteiger partial charge is 0.326 e. The van der Waals surface area contributed by atoms with Gasteiger partial charge in [-0.25, -0.2) is 4.79 Å². The first kappa shape index (κ1) is 14.1. The summed E-state index contributed by atoms with van der Waals surface area (Å²) in [5.41, 5.74) is 0. The lowest BCUT2D eigenvalue weighted by Crippen LogP contribution is -2.41. The Kier molecular flexibility index (Phi) is 5.25. The number of aliphatic carboxylic acids is 1. The van der Waals surface area contributed by atoms with Gasteiger partial charge in [-0.15, -0.1) is 0 Å². The Morgan fingerprint density at radius 1 is 1.50 bits per heavy atom. The maximum atomic E-state index is 11.5. The lowest BCUT2D eigenvalue weighted by molar-refractivity contribution is -0.142. The minimum Gasteiger partial charge on any atom is -0.480 e. The van der Waals surface area contributed by atoms with Crippen molar-refractivity contribution < 1.29 is 24.3 Å². The molecular formula is C10H15N3O5. The number of aryl methyl sites for hydroxylation is 2.